The number of aliphatic hydroxyl groups is 1. The number of aliphatic hydroxyl groups excluding tert-OH is 1. The number of hydrogen-bond donors (Lipinski definition) is 1. The van der Waals surface area contributed by atoms with Crippen molar-refractivity contribution in [2.24, 2.45) is 5.92 Å². The normalized spacial score (nSPS) is 19.6. The van der Waals surface area contributed by atoms with Crippen molar-refractivity contribution in [1.29, 1.82) is 0 Å². The molecule has 1 aliphatic carbocycles. The highest BCUT2D eigenvalue weighted by Gasteiger charge is 2.36. The molecule has 0 bridgehead atoms. The van der Waals surface area contributed by atoms with Crippen molar-refractivity contribution >= 4 is 0 Å². The van der Waals surface area contributed by atoms with Crippen molar-refractivity contribution in [3.05, 3.63) is 35.1 Å². The SMILES string of the molecule is OC(c1cccc(C(F)(F)F)c1F)C1CCCCCC1. The second-order valence-electron chi connectivity index (χ2n) is 5.40. The molecule has 1 atom stereocenters. The van der Waals surface area contributed by atoms with Gasteiger partial charge in [-0.3, -0.25) is 0 Å². The summed E-state index contributed by atoms with van der Waals surface area (Å²) in [5.74, 6) is -1.49. The molecule has 0 saturated heterocycles. The third-order valence-corrected chi connectivity index (χ3v) is 4.00. The van der Waals surface area contributed by atoms with Crippen LogP contribution in [-0.4, -0.2) is 5.11 Å². The third kappa shape index (κ3) is 3.32. The lowest BCUT2D eigenvalue weighted by Crippen LogP contribution is -2.16. The van der Waals surface area contributed by atoms with Crippen LogP contribution in [0.5, 0.6) is 0 Å². The van der Waals surface area contributed by atoms with Gasteiger partial charge in [0.2, 0.25) is 0 Å². The Balaban J connectivity index is 2.27. The first-order valence-corrected chi connectivity index (χ1v) is 6.95. The van der Waals surface area contributed by atoms with E-state index in [-0.39, 0.29) is 11.5 Å². The Bertz CT molecular complexity index is 448. The molecule has 1 aromatic rings. The van der Waals surface area contributed by atoms with E-state index in [9.17, 15) is 22.7 Å². The maximum atomic E-state index is 14.0. The maximum Gasteiger partial charge on any atom is 0.419 e. The molecule has 1 aromatic carbocycles. The van der Waals surface area contributed by atoms with E-state index in [2.05, 4.69) is 0 Å². The molecule has 112 valence electrons. The van der Waals surface area contributed by atoms with E-state index in [0.717, 1.165) is 44.6 Å². The van der Waals surface area contributed by atoms with Gasteiger partial charge in [-0.15, -0.1) is 0 Å². The summed E-state index contributed by atoms with van der Waals surface area (Å²) >= 11 is 0. The van der Waals surface area contributed by atoms with Crippen LogP contribution < -0.4 is 0 Å². The minimum Gasteiger partial charge on any atom is -0.388 e. The van der Waals surface area contributed by atoms with Crippen molar-refractivity contribution in [2.75, 3.05) is 0 Å². The molecular weight excluding hydrogens is 272 g/mol. The van der Waals surface area contributed by atoms with Gasteiger partial charge in [0, 0.05) is 5.56 Å². The zero-order valence-electron chi connectivity index (χ0n) is 11.1. The standard InChI is InChI=1S/C15H18F4O/c16-13-11(8-5-9-12(13)15(17,18)19)14(20)10-6-3-1-2-4-7-10/h5,8-10,14,20H,1-4,6-7H2. The fourth-order valence-corrected chi connectivity index (χ4v) is 2.88. The van der Waals surface area contributed by atoms with Crippen LogP contribution >= 0.6 is 0 Å². The van der Waals surface area contributed by atoms with Crippen molar-refractivity contribution in [3.63, 3.8) is 0 Å². The average Bonchev–Trinajstić information content (AvgIpc) is 2.65. The minimum atomic E-state index is -4.73. The number of benzene rings is 1. The number of hydrogen-bond acceptors (Lipinski definition) is 1. The molecule has 0 aromatic heterocycles. The van der Waals surface area contributed by atoms with E-state index in [0.29, 0.717) is 6.07 Å². The first kappa shape index (κ1) is 15.3. The fourth-order valence-electron chi connectivity index (χ4n) is 2.88. The maximum absolute atomic E-state index is 14.0. The molecule has 0 amide bonds. The third-order valence-electron chi connectivity index (χ3n) is 4.00. The van der Waals surface area contributed by atoms with Crippen LogP contribution in [0.25, 0.3) is 0 Å². The van der Waals surface area contributed by atoms with Gasteiger partial charge in [0.15, 0.2) is 0 Å². The van der Waals surface area contributed by atoms with Gasteiger partial charge in [-0.05, 0) is 24.8 Å². The number of rotatable bonds is 2. The summed E-state index contributed by atoms with van der Waals surface area (Å²) in [4.78, 5) is 0. The molecule has 1 nitrogen and oxygen atoms in total. The highest BCUT2D eigenvalue weighted by Crippen LogP contribution is 2.38. The smallest absolute Gasteiger partial charge is 0.388 e. The number of halogens is 4. The molecular formula is C15H18F4O. The quantitative estimate of drug-likeness (QED) is 0.610. The summed E-state index contributed by atoms with van der Waals surface area (Å²) in [5.41, 5.74) is -1.53. The van der Waals surface area contributed by atoms with Gasteiger partial charge in [0.05, 0.1) is 11.7 Å². The summed E-state index contributed by atoms with van der Waals surface area (Å²) in [6.45, 7) is 0. The van der Waals surface area contributed by atoms with E-state index in [4.69, 9.17) is 0 Å². The van der Waals surface area contributed by atoms with Gasteiger partial charge in [0.25, 0.3) is 0 Å². The molecule has 2 rings (SSSR count). The van der Waals surface area contributed by atoms with E-state index in [1.807, 2.05) is 0 Å². The van der Waals surface area contributed by atoms with E-state index < -0.39 is 23.7 Å². The molecule has 0 aliphatic heterocycles. The Kier molecular flexibility index (Phi) is 4.68. The molecule has 1 aliphatic rings. The van der Waals surface area contributed by atoms with Gasteiger partial charge in [-0.1, -0.05) is 37.8 Å². The Morgan fingerprint density at radius 1 is 1.05 bits per heavy atom. The van der Waals surface area contributed by atoms with Crippen LogP contribution in [-0.2, 0) is 6.18 Å². The summed E-state index contributed by atoms with van der Waals surface area (Å²) in [7, 11) is 0. The van der Waals surface area contributed by atoms with Crippen molar-refractivity contribution in [2.45, 2.75) is 50.8 Å². The van der Waals surface area contributed by atoms with Crippen LogP contribution in [0.4, 0.5) is 17.6 Å². The lowest BCUT2D eigenvalue weighted by molar-refractivity contribution is -0.140. The first-order chi connectivity index (χ1) is 9.41. The molecule has 5 heteroatoms. The van der Waals surface area contributed by atoms with Crippen molar-refractivity contribution in [3.8, 4) is 0 Å². The number of alkyl halides is 3. The molecule has 1 saturated carbocycles. The van der Waals surface area contributed by atoms with Gasteiger partial charge in [0.1, 0.15) is 5.82 Å². The topological polar surface area (TPSA) is 20.2 Å². The van der Waals surface area contributed by atoms with Crippen molar-refractivity contribution < 1.29 is 22.7 Å². The lowest BCUT2D eigenvalue weighted by atomic mass is 9.88. The molecule has 1 unspecified atom stereocenters. The predicted octanol–water partition coefficient (Wildman–Crippen LogP) is 4.85. The summed E-state index contributed by atoms with van der Waals surface area (Å²) < 4.78 is 52.0. The molecule has 0 heterocycles. The van der Waals surface area contributed by atoms with E-state index in [1.54, 1.807) is 0 Å². The lowest BCUT2D eigenvalue weighted by Gasteiger charge is -2.23. The second-order valence-corrected chi connectivity index (χ2v) is 5.40. The monoisotopic (exact) mass is 290 g/mol. The van der Waals surface area contributed by atoms with E-state index >= 15 is 0 Å². The van der Waals surface area contributed by atoms with Crippen LogP contribution in [0, 0.1) is 11.7 Å². The first-order valence-electron chi connectivity index (χ1n) is 6.95. The molecule has 20 heavy (non-hydrogen) atoms. The largest absolute Gasteiger partial charge is 0.419 e. The summed E-state index contributed by atoms with van der Waals surface area (Å²) in [6, 6.07) is 3.11. The van der Waals surface area contributed by atoms with E-state index in [1.165, 1.54) is 6.07 Å². The molecule has 0 radical (unpaired) electrons. The van der Waals surface area contributed by atoms with Gasteiger partial charge < -0.3 is 5.11 Å². The Morgan fingerprint density at radius 2 is 1.65 bits per heavy atom. The van der Waals surface area contributed by atoms with Crippen LogP contribution in [0.2, 0.25) is 0 Å². The van der Waals surface area contributed by atoms with Crippen molar-refractivity contribution in [1.82, 2.24) is 0 Å². The van der Waals surface area contributed by atoms with Crippen LogP contribution in [0.1, 0.15) is 55.8 Å². The Morgan fingerprint density at radius 3 is 2.20 bits per heavy atom. The minimum absolute atomic E-state index is 0.157. The average molecular weight is 290 g/mol. The van der Waals surface area contributed by atoms with Crippen LogP contribution in [0.15, 0.2) is 18.2 Å². The molecule has 1 N–H and O–H groups in total. The summed E-state index contributed by atoms with van der Waals surface area (Å²) in [5, 5.41) is 10.2. The second kappa shape index (κ2) is 6.12. The Hall–Kier alpha value is -1.10. The zero-order chi connectivity index (χ0) is 14.8. The Labute approximate surface area is 115 Å². The fraction of sp³-hybridized carbons (Fsp3) is 0.600. The molecule has 1 fully saturated rings. The van der Waals surface area contributed by atoms with Gasteiger partial charge in [-0.25, -0.2) is 4.39 Å². The van der Waals surface area contributed by atoms with Gasteiger partial charge >= 0.3 is 6.18 Å². The van der Waals surface area contributed by atoms with Crippen LogP contribution in [0.3, 0.4) is 0 Å². The van der Waals surface area contributed by atoms with Gasteiger partial charge in [-0.2, -0.15) is 13.2 Å². The zero-order valence-corrected chi connectivity index (χ0v) is 11.1. The summed E-state index contributed by atoms with van der Waals surface area (Å²) in [6.07, 6.45) is -0.431. The highest BCUT2D eigenvalue weighted by molar-refractivity contribution is 5.30. The predicted molar refractivity (Wildman–Crippen MR) is 67.6 cm³/mol. The molecule has 0 spiro atoms. The highest BCUT2D eigenvalue weighted by atomic mass is 19.4.